The predicted molar refractivity (Wildman–Crippen MR) is 133 cm³/mol. The number of nitriles is 1. The molecule has 1 saturated heterocycles. The Hall–Kier alpha value is -4.16. The van der Waals surface area contributed by atoms with Crippen molar-refractivity contribution in [2.45, 2.75) is 19.5 Å². The first-order valence-electron chi connectivity index (χ1n) is 11.7. The number of benzene rings is 2. The first-order chi connectivity index (χ1) is 17.0. The van der Waals surface area contributed by atoms with Crippen molar-refractivity contribution >= 4 is 17.3 Å². The van der Waals surface area contributed by atoms with Gasteiger partial charge < -0.3 is 14.8 Å². The number of hydrogen-bond acceptors (Lipinski definition) is 6. The number of carbonyl (C=O) groups is 1. The molecule has 1 aromatic heterocycles. The van der Waals surface area contributed by atoms with Crippen molar-refractivity contribution in [3.05, 3.63) is 93.8 Å². The number of hydrogen-bond donors (Lipinski definition) is 1. The smallest absolute Gasteiger partial charge is 0.269 e. The quantitative estimate of drug-likeness (QED) is 0.289. The molecule has 2 aromatic carbocycles. The minimum atomic E-state index is -0.475. The average molecular weight is 473 g/mol. The number of piperazine rings is 1. The van der Waals surface area contributed by atoms with Crippen LogP contribution in [-0.4, -0.2) is 57.9 Å². The van der Waals surface area contributed by atoms with Crippen LogP contribution in [0.2, 0.25) is 0 Å². The third-order valence-electron chi connectivity index (χ3n) is 6.19. The van der Waals surface area contributed by atoms with Gasteiger partial charge >= 0.3 is 0 Å². The van der Waals surface area contributed by atoms with Crippen molar-refractivity contribution in [2.24, 2.45) is 0 Å². The van der Waals surface area contributed by atoms with Crippen molar-refractivity contribution in [1.29, 1.82) is 5.26 Å². The van der Waals surface area contributed by atoms with E-state index in [1.807, 2.05) is 30.3 Å². The maximum Gasteiger partial charge on any atom is 0.269 e. The van der Waals surface area contributed by atoms with Gasteiger partial charge in [0.25, 0.3) is 11.6 Å². The highest BCUT2D eigenvalue weighted by molar-refractivity contribution is 5.94. The molecule has 1 N–H and O–H groups in total. The fourth-order valence-electron chi connectivity index (χ4n) is 4.22. The molecule has 180 valence electrons. The summed E-state index contributed by atoms with van der Waals surface area (Å²) < 4.78 is 2.15. The Morgan fingerprint density at radius 2 is 1.77 bits per heavy atom. The molecule has 0 saturated carbocycles. The number of rotatable bonds is 9. The van der Waals surface area contributed by atoms with Gasteiger partial charge in [0.2, 0.25) is 0 Å². The summed E-state index contributed by atoms with van der Waals surface area (Å²) in [5.74, 6) is -0.122. The average Bonchev–Trinajstić information content (AvgIpc) is 3.40. The number of carbonyl (C=O) groups excluding carboxylic acids is 1. The molecule has 3 aromatic rings. The summed E-state index contributed by atoms with van der Waals surface area (Å²) in [6, 6.07) is 17.9. The van der Waals surface area contributed by atoms with Crippen LogP contribution in [0.15, 0.2) is 67.0 Å². The Morgan fingerprint density at radius 1 is 1.06 bits per heavy atom. The molecule has 9 heteroatoms. The van der Waals surface area contributed by atoms with Crippen LogP contribution in [0, 0.1) is 21.4 Å². The number of nitro benzene ring substituents is 1. The highest BCUT2D eigenvalue weighted by Crippen LogP contribution is 2.20. The summed E-state index contributed by atoms with van der Waals surface area (Å²) in [5.41, 5.74) is 3.05. The molecule has 1 aliphatic heterocycles. The van der Waals surface area contributed by atoms with Crippen molar-refractivity contribution < 1.29 is 9.72 Å². The van der Waals surface area contributed by atoms with Gasteiger partial charge in [0.1, 0.15) is 0 Å². The molecule has 0 spiro atoms. The molecule has 2 heterocycles. The van der Waals surface area contributed by atoms with E-state index >= 15 is 0 Å². The summed E-state index contributed by atoms with van der Waals surface area (Å²) in [6.45, 7) is 4.95. The van der Waals surface area contributed by atoms with Crippen LogP contribution in [0.25, 0.3) is 0 Å². The molecule has 0 radical (unpaired) electrons. The third-order valence-corrected chi connectivity index (χ3v) is 6.19. The minimum Gasteiger partial charge on any atom is -0.385 e. The molecule has 1 aliphatic rings. The van der Waals surface area contributed by atoms with Crippen LogP contribution < -0.4 is 5.32 Å². The summed E-state index contributed by atoms with van der Waals surface area (Å²) in [7, 11) is 0. The lowest BCUT2D eigenvalue weighted by Gasteiger charge is -2.35. The number of anilines is 1. The fourth-order valence-corrected chi connectivity index (χ4v) is 4.22. The number of aromatic nitrogens is 1. The van der Waals surface area contributed by atoms with E-state index in [0.717, 1.165) is 30.8 Å². The van der Waals surface area contributed by atoms with Gasteiger partial charge in [-0.1, -0.05) is 0 Å². The predicted octanol–water partition coefficient (Wildman–Crippen LogP) is 3.73. The first kappa shape index (κ1) is 24.0. The maximum absolute atomic E-state index is 12.8. The van der Waals surface area contributed by atoms with E-state index in [4.69, 9.17) is 0 Å². The van der Waals surface area contributed by atoms with Crippen LogP contribution in [0.5, 0.6) is 0 Å². The van der Waals surface area contributed by atoms with Gasteiger partial charge in [-0.25, -0.2) is 0 Å². The van der Waals surface area contributed by atoms with Crippen LogP contribution >= 0.6 is 0 Å². The Bertz CT molecular complexity index is 1190. The molecular weight excluding hydrogens is 444 g/mol. The normalized spacial score (nSPS) is 13.9. The Labute approximate surface area is 204 Å². The molecule has 1 fully saturated rings. The topological polar surface area (TPSA) is 107 Å². The van der Waals surface area contributed by atoms with E-state index in [9.17, 15) is 20.2 Å². The molecule has 0 atom stereocenters. The second-order valence-corrected chi connectivity index (χ2v) is 8.56. The number of nitrogens with one attached hydrogen (secondary N) is 1. The second-order valence-electron chi connectivity index (χ2n) is 8.56. The zero-order valence-corrected chi connectivity index (χ0v) is 19.5. The lowest BCUT2D eigenvalue weighted by atomic mass is 10.1. The van der Waals surface area contributed by atoms with Gasteiger partial charge in [0.15, 0.2) is 0 Å². The van der Waals surface area contributed by atoms with E-state index in [1.165, 1.54) is 24.3 Å². The van der Waals surface area contributed by atoms with Gasteiger partial charge in [0, 0.05) is 81.6 Å². The Kier molecular flexibility index (Phi) is 7.75. The van der Waals surface area contributed by atoms with E-state index in [-0.39, 0.29) is 11.6 Å². The van der Waals surface area contributed by atoms with Gasteiger partial charge in [-0.2, -0.15) is 5.26 Å². The molecule has 4 rings (SSSR count). The lowest BCUT2D eigenvalue weighted by Crippen LogP contribution is -2.48. The van der Waals surface area contributed by atoms with E-state index < -0.39 is 4.92 Å². The molecule has 9 nitrogen and oxygen atoms in total. The zero-order chi connectivity index (χ0) is 24.6. The van der Waals surface area contributed by atoms with Crippen molar-refractivity contribution in [1.82, 2.24) is 14.4 Å². The largest absolute Gasteiger partial charge is 0.385 e. The van der Waals surface area contributed by atoms with Gasteiger partial charge in [-0.15, -0.1) is 0 Å². The van der Waals surface area contributed by atoms with Crippen molar-refractivity contribution in [2.75, 3.05) is 38.0 Å². The van der Waals surface area contributed by atoms with Gasteiger partial charge in [-0.05, 0) is 54.4 Å². The minimum absolute atomic E-state index is 0.0303. The fraction of sp³-hybridized carbons (Fsp3) is 0.308. The van der Waals surface area contributed by atoms with Crippen molar-refractivity contribution in [3.63, 3.8) is 0 Å². The Morgan fingerprint density at radius 3 is 2.43 bits per heavy atom. The lowest BCUT2D eigenvalue weighted by molar-refractivity contribution is -0.384. The van der Waals surface area contributed by atoms with E-state index in [1.54, 1.807) is 4.90 Å². The summed E-state index contributed by atoms with van der Waals surface area (Å²) >= 11 is 0. The highest BCUT2D eigenvalue weighted by atomic mass is 16.6. The number of nitrogens with zero attached hydrogens (tertiary/aromatic N) is 5. The second kappa shape index (κ2) is 11.3. The molecule has 1 amide bonds. The molecule has 0 aliphatic carbocycles. The SMILES string of the molecule is N#Cc1ccc(NCCCn2cccc2)cc1CN1CCN(C(=O)c2ccc([N+](=O)[O-])cc2)CC1. The number of amides is 1. The molecule has 0 unspecified atom stereocenters. The summed E-state index contributed by atoms with van der Waals surface area (Å²) in [6.07, 6.45) is 5.10. The standard InChI is InChI=1S/C26H28N6O3/c27-19-22-4-7-24(28-10-3-13-29-11-1-2-12-29)18-23(22)20-30-14-16-31(17-15-30)26(33)21-5-8-25(9-6-21)32(34)35/h1-2,4-9,11-12,18,28H,3,10,13-17,20H2. The molecule has 35 heavy (non-hydrogen) atoms. The number of aryl methyl sites for hydroxylation is 1. The van der Waals surface area contributed by atoms with Crippen LogP contribution in [0.3, 0.4) is 0 Å². The Balaban J connectivity index is 1.29. The number of nitro groups is 1. The summed E-state index contributed by atoms with van der Waals surface area (Å²) in [4.78, 5) is 27.1. The first-order valence-corrected chi connectivity index (χ1v) is 11.7. The zero-order valence-electron chi connectivity index (χ0n) is 19.5. The summed E-state index contributed by atoms with van der Waals surface area (Å²) in [5, 5.41) is 23.8. The molecule has 0 bridgehead atoms. The van der Waals surface area contributed by atoms with Crippen molar-refractivity contribution in [3.8, 4) is 6.07 Å². The highest BCUT2D eigenvalue weighted by Gasteiger charge is 2.23. The van der Waals surface area contributed by atoms with Crippen LogP contribution in [-0.2, 0) is 13.1 Å². The third kappa shape index (κ3) is 6.25. The molecular formula is C26H28N6O3. The van der Waals surface area contributed by atoms with E-state index in [2.05, 4.69) is 33.2 Å². The van der Waals surface area contributed by atoms with Crippen LogP contribution in [0.4, 0.5) is 11.4 Å². The van der Waals surface area contributed by atoms with Gasteiger partial charge in [-0.3, -0.25) is 19.8 Å². The van der Waals surface area contributed by atoms with Crippen LogP contribution in [0.1, 0.15) is 27.9 Å². The monoisotopic (exact) mass is 472 g/mol. The van der Waals surface area contributed by atoms with Gasteiger partial charge in [0.05, 0.1) is 16.6 Å². The van der Waals surface area contributed by atoms with E-state index in [0.29, 0.717) is 43.9 Å². The maximum atomic E-state index is 12.8. The number of non-ortho nitro benzene ring substituents is 1.